The normalized spacial score (nSPS) is 28.8. The first kappa shape index (κ1) is 13.3. The summed E-state index contributed by atoms with van der Waals surface area (Å²) in [5.41, 5.74) is -0.844. The van der Waals surface area contributed by atoms with Gasteiger partial charge >= 0.3 is 0 Å². The van der Waals surface area contributed by atoms with Crippen LogP contribution in [0.5, 0.6) is 0 Å². The van der Waals surface area contributed by atoms with E-state index in [1.54, 1.807) is 18.7 Å². The molecule has 0 spiro atoms. The molecule has 1 atom stereocenters. The Morgan fingerprint density at radius 3 is 2.83 bits per heavy atom. The van der Waals surface area contributed by atoms with Crippen molar-refractivity contribution in [3.05, 3.63) is 0 Å². The average Bonchev–Trinajstić information content (AvgIpc) is 2.42. The second-order valence-corrected chi connectivity index (χ2v) is 5.24. The van der Waals surface area contributed by atoms with Crippen molar-refractivity contribution >= 4 is 11.8 Å². The molecule has 6 heteroatoms. The third-order valence-electron chi connectivity index (χ3n) is 3.19. The van der Waals surface area contributed by atoms with E-state index in [4.69, 9.17) is 9.47 Å². The fourth-order valence-electron chi connectivity index (χ4n) is 2.26. The zero-order chi connectivity index (χ0) is 13.2. The van der Waals surface area contributed by atoms with Crippen LogP contribution in [0.2, 0.25) is 0 Å². The van der Waals surface area contributed by atoms with Crippen LogP contribution >= 0.6 is 0 Å². The van der Waals surface area contributed by atoms with Gasteiger partial charge in [0.2, 0.25) is 11.8 Å². The zero-order valence-corrected chi connectivity index (χ0v) is 10.9. The van der Waals surface area contributed by atoms with Crippen molar-refractivity contribution in [1.29, 1.82) is 0 Å². The maximum atomic E-state index is 12.3. The summed E-state index contributed by atoms with van der Waals surface area (Å²) in [7, 11) is 0. The highest BCUT2D eigenvalue weighted by atomic mass is 16.6. The molecule has 6 nitrogen and oxygen atoms in total. The highest BCUT2D eigenvalue weighted by Gasteiger charge is 2.37. The largest absolute Gasteiger partial charge is 0.376 e. The van der Waals surface area contributed by atoms with E-state index in [-0.39, 0.29) is 17.9 Å². The molecule has 1 N–H and O–H groups in total. The van der Waals surface area contributed by atoms with Gasteiger partial charge in [0.15, 0.2) is 0 Å². The molecule has 2 amide bonds. The van der Waals surface area contributed by atoms with Crippen LogP contribution in [0, 0.1) is 0 Å². The Labute approximate surface area is 107 Å². The molecule has 2 aliphatic heterocycles. The van der Waals surface area contributed by atoms with E-state index in [9.17, 15) is 9.59 Å². The average molecular weight is 256 g/mol. The van der Waals surface area contributed by atoms with Crippen LogP contribution < -0.4 is 5.32 Å². The molecule has 18 heavy (non-hydrogen) atoms. The minimum absolute atomic E-state index is 0.0671. The lowest BCUT2D eigenvalue weighted by Crippen LogP contribution is -2.54. The molecule has 1 unspecified atom stereocenters. The molecule has 0 aliphatic carbocycles. The Hall–Kier alpha value is -1.14. The molecular weight excluding hydrogens is 236 g/mol. The van der Waals surface area contributed by atoms with Crippen molar-refractivity contribution < 1.29 is 19.1 Å². The minimum Gasteiger partial charge on any atom is -0.376 e. The first-order chi connectivity index (χ1) is 8.49. The SMILES string of the molecule is CC1(C)NC(=O)CCN(CC2COCCO2)C1=O. The van der Waals surface area contributed by atoms with E-state index in [1.807, 2.05) is 0 Å². The van der Waals surface area contributed by atoms with Crippen molar-refractivity contribution in [1.82, 2.24) is 10.2 Å². The second kappa shape index (κ2) is 5.24. The molecule has 0 aromatic rings. The lowest BCUT2D eigenvalue weighted by atomic mass is 10.0. The van der Waals surface area contributed by atoms with Gasteiger partial charge in [0.05, 0.1) is 25.9 Å². The molecule has 102 valence electrons. The van der Waals surface area contributed by atoms with Crippen molar-refractivity contribution in [3.63, 3.8) is 0 Å². The molecule has 2 saturated heterocycles. The Bertz CT molecular complexity index is 337. The predicted molar refractivity (Wildman–Crippen MR) is 64.0 cm³/mol. The molecule has 0 radical (unpaired) electrons. The third-order valence-corrected chi connectivity index (χ3v) is 3.19. The van der Waals surface area contributed by atoms with Gasteiger partial charge in [-0.05, 0) is 13.8 Å². The maximum Gasteiger partial charge on any atom is 0.247 e. The van der Waals surface area contributed by atoms with Gasteiger partial charge < -0.3 is 19.7 Å². The molecule has 0 aromatic carbocycles. The smallest absolute Gasteiger partial charge is 0.247 e. The number of hydrogen-bond donors (Lipinski definition) is 1. The Kier molecular flexibility index (Phi) is 3.87. The number of carbonyl (C=O) groups excluding carboxylic acids is 2. The van der Waals surface area contributed by atoms with Crippen molar-refractivity contribution in [2.24, 2.45) is 0 Å². The first-order valence-electron chi connectivity index (χ1n) is 6.29. The van der Waals surface area contributed by atoms with Crippen LogP contribution in [0.3, 0.4) is 0 Å². The summed E-state index contributed by atoms with van der Waals surface area (Å²) in [6.45, 7) is 6.05. The molecule has 2 fully saturated rings. The van der Waals surface area contributed by atoms with E-state index in [0.29, 0.717) is 39.3 Å². The number of amides is 2. The summed E-state index contributed by atoms with van der Waals surface area (Å²) in [6, 6.07) is 0. The van der Waals surface area contributed by atoms with Gasteiger partial charge in [-0.1, -0.05) is 0 Å². The molecule has 2 aliphatic rings. The van der Waals surface area contributed by atoms with Gasteiger partial charge in [-0.2, -0.15) is 0 Å². The van der Waals surface area contributed by atoms with Crippen molar-refractivity contribution in [2.45, 2.75) is 31.9 Å². The first-order valence-corrected chi connectivity index (χ1v) is 6.29. The molecule has 0 aromatic heterocycles. The van der Waals surface area contributed by atoms with E-state index in [2.05, 4.69) is 5.32 Å². The van der Waals surface area contributed by atoms with Gasteiger partial charge in [-0.15, -0.1) is 0 Å². The lowest BCUT2D eigenvalue weighted by Gasteiger charge is -2.32. The van der Waals surface area contributed by atoms with Crippen LogP contribution in [0.4, 0.5) is 0 Å². The van der Waals surface area contributed by atoms with Crippen LogP contribution in [0.25, 0.3) is 0 Å². The zero-order valence-electron chi connectivity index (χ0n) is 10.9. The number of nitrogens with one attached hydrogen (secondary N) is 1. The molecule has 0 bridgehead atoms. The van der Waals surface area contributed by atoms with E-state index in [1.165, 1.54) is 0 Å². The molecular formula is C12H20N2O4. The second-order valence-electron chi connectivity index (χ2n) is 5.24. The fourth-order valence-corrected chi connectivity index (χ4v) is 2.26. The fraction of sp³-hybridized carbons (Fsp3) is 0.833. The summed E-state index contributed by atoms with van der Waals surface area (Å²) in [4.78, 5) is 25.5. The van der Waals surface area contributed by atoms with Gasteiger partial charge in [-0.25, -0.2) is 0 Å². The molecule has 2 heterocycles. The maximum absolute atomic E-state index is 12.3. The summed E-state index contributed by atoms with van der Waals surface area (Å²) in [6.07, 6.45) is 0.245. The third kappa shape index (κ3) is 3.00. The van der Waals surface area contributed by atoms with Crippen LogP contribution in [0.1, 0.15) is 20.3 Å². The quantitative estimate of drug-likeness (QED) is 0.725. The summed E-state index contributed by atoms with van der Waals surface area (Å²) < 4.78 is 10.9. The summed E-state index contributed by atoms with van der Waals surface area (Å²) in [5, 5.41) is 2.73. The number of rotatable bonds is 2. The van der Waals surface area contributed by atoms with Gasteiger partial charge in [0.1, 0.15) is 5.54 Å². The van der Waals surface area contributed by atoms with Crippen molar-refractivity contribution in [2.75, 3.05) is 32.9 Å². The number of carbonyl (C=O) groups is 2. The van der Waals surface area contributed by atoms with Gasteiger partial charge in [0.25, 0.3) is 0 Å². The molecule has 2 rings (SSSR count). The Morgan fingerprint density at radius 2 is 2.17 bits per heavy atom. The van der Waals surface area contributed by atoms with Gasteiger partial charge in [0, 0.05) is 19.5 Å². The number of ether oxygens (including phenoxy) is 2. The van der Waals surface area contributed by atoms with E-state index >= 15 is 0 Å². The summed E-state index contributed by atoms with van der Waals surface area (Å²) >= 11 is 0. The van der Waals surface area contributed by atoms with Crippen LogP contribution in [-0.2, 0) is 19.1 Å². The van der Waals surface area contributed by atoms with Gasteiger partial charge in [-0.3, -0.25) is 9.59 Å². The topological polar surface area (TPSA) is 67.9 Å². The highest BCUT2D eigenvalue weighted by molar-refractivity contribution is 5.92. The standard InChI is InChI=1S/C12H20N2O4/c1-12(2)11(16)14(4-3-10(15)13-12)7-9-8-17-5-6-18-9/h9H,3-8H2,1-2H3,(H,13,15). The van der Waals surface area contributed by atoms with Crippen molar-refractivity contribution in [3.8, 4) is 0 Å². The lowest BCUT2D eigenvalue weighted by molar-refractivity contribution is -0.143. The monoisotopic (exact) mass is 256 g/mol. The van der Waals surface area contributed by atoms with Crippen LogP contribution in [0.15, 0.2) is 0 Å². The minimum atomic E-state index is -0.844. The number of nitrogens with zero attached hydrogens (tertiary/aromatic N) is 1. The predicted octanol–water partition coefficient (Wildman–Crippen LogP) is -0.471. The number of hydrogen-bond acceptors (Lipinski definition) is 4. The van der Waals surface area contributed by atoms with E-state index in [0.717, 1.165) is 0 Å². The molecule has 0 saturated carbocycles. The van der Waals surface area contributed by atoms with E-state index < -0.39 is 5.54 Å². The Balaban J connectivity index is 2.01. The Morgan fingerprint density at radius 1 is 1.39 bits per heavy atom. The highest BCUT2D eigenvalue weighted by Crippen LogP contribution is 2.15. The van der Waals surface area contributed by atoms with Crippen LogP contribution in [-0.4, -0.2) is 61.3 Å². The summed E-state index contributed by atoms with van der Waals surface area (Å²) in [5.74, 6) is -0.154.